The standard InChI is InChI=1S/C22H26N4O/c1-13(2)20-18-11-17(22-25-26(12-27-22)14(3)4)6-7-19(18)24-21(20)16-8-9-23-15(5)10-16/h6-11,13-14,24H,12H2,1-5H3. The van der Waals surface area contributed by atoms with Crippen LogP contribution in [0.4, 0.5) is 0 Å². The van der Waals surface area contributed by atoms with Crippen molar-refractivity contribution >= 4 is 16.8 Å². The van der Waals surface area contributed by atoms with Crippen LogP contribution in [0.25, 0.3) is 22.2 Å². The average Bonchev–Trinajstić information content (AvgIpc) is 3.26. The average molecular weight is 362 g/mol. The summed E-state index contributed by atoms with van der Waals surface area (Å²) >= 11 is 0. The molecule has 140 valence electrons. The molecule has 1 aromatic carbocycles. The molecule has 27 heavy (non-hydrogen) atoms. The molecule has 0 radical (unpaired) electrons. The van der Waals surface area contributed by atoms with Crippen LogP contribution in [-0.2, 0) is 4.74 Å². The number of benzene rings is 1. The highest BCUT2D eigenvalue weighted by Crippen LogP contribution is 2.36. The summed E-state index contributed by atoms with van der Waals surface area (Å²) < 4.78 is 5.83. The quantitative estimate of drug-likeness (QED) is 0.709. The van der Waals surface area contributed by atoms with Crippen LogP contribution in [0.1, 0.15) is 50.4 Å². The SMILES string of the molecule is Cc1cc(-c2[nH]c3ccc(C4=NN(C(C)C)CO4)cc3c2C(C)C)ccn1. The fraction of sp³-hybridized carbons (Fsp3) is 0.364. The number of hydrazone groups is 1. The van der Waals surface area contributed by atoms with Gasteiger partial charge in [0.05, 0.1) is 5.69 Å². The van der Waals surface area contributed by atoms with Crippen LogP contribution in [0.15, 0.2) is 41.6 Å². The van der Waals surface area contributed by atoms with E-state index in [1.807, 2.05) is 18.1 Å². The van der Waals surface area contributed by atoms with Gasteiger partial charge in [0.1, 0.15) is 0 Å². The Bertz CT molecular complexity index is 1020. The first kappa shape index (κ1) is 17.6. The van der Waals surface area contributed by atoms with Gasteiger partial charge < -0.3 is 9.72 Å². The number of fused-ring (bicyclic) bond motifs is 1. The molecule has 0 saturated carbocycles. The third-order valence-corrected chi connectivity index (χ3v) is 5.00. The first-order valence-corrected chi connectivity index (χ1v) is 9.51. The van der Waals surface area contributed by atoms with E-state index in [4.69, 9.17) is 4.74 Å². The highest BCUT2D eigenvalue weighted by molar-refractivity contribution is 6.00. The Morgan fingerprint density at radius 2 is 1.89 bits per heavy atom. The Morgan fingerprint density at radius 3 is 2.56 bits per heavy atom. The molecule has 0 aliphatic carbocycles. The van der Waals surface area contributed by atoms with Gasteiger partial charge in [0.2, 0.25) is 5.90 Å². The van der Waals surface area contributed by atoms with Crippen molar-refractivity contribution in [3.63, 3.8) is 0 Å². The van der Waals surface area contributed by atoms with Gasteiger partial charge in [0.25, 0.3) is 0 Å². The Kier molecular flexibility index (Phi) is 4.38. The summed E-state index contributed by atoms with van der Waals surface area (Å²) in [6.07, 6.45) is 1.87. The van der Waals surface area contributed by atoms with Gasteiger partial charge in [0, 0.05) is 40.0 Å². The number of pyridine rings is 1. The fourth-order valence-corrected chi connectivity index (χ4v) is 3.58. The van der Waals surface area contributed by atoms with Gasteiger partial charge in [0.15, 0.2) is 6.73 Å². The fourth-order valence-electron chi connectivity index (χ4n) is 3.58. The highest BCUT2D eigenvalue weighted by atomic mass is 16.5. The number of H-pyrrole nitrogens is 1. The molecule has 1 aliphatic rings. The minimum absolute atomic E-state index is 0.325. The van der Waals surface area contributed by atoms with Crippen LogP contribution >= 0.6 is 0 Å². The van der Waals surface area contributed by atoms with E-state index < -0.39 is 0 Å². The van der Waals surface area contributed by atoms with E-state index >= 15 is 0 Å². The minimum Gasteiger partial charge on any atom is -0.453 e. The van der Waals surface area contributed by atoms with E-state index in [-0.39, 0.29) is 0 Å². The van der Waals surface area contributed by atoms with Gasteiger partial charge in [-0.25, -0.2) is 0 Å². The number of aryl methyl sites for hydroxylation is 1. The smallest absolute Gasteiger partial charge is 0.240 e. The van der Waals surface area contributed by atoms with Crippen LogP contribution < -0.4 is 0 Å². The molecule has 0 atom stereocenters. The second kappa shape index (κ2) is 6.72. The molecule has 0 bridgehead atoms. The largest absolute Gasteiger partial charge is 0.453 e. The lowest BCUT2D eigenvalue weighted by atomic mass is 9.95. The molecule has 0 amide bonds. The lowest BCUT2D eigenvalue weighted by Gasteiger charge is -2.14. The summed E-state index contributed by atoms with van der Waals surface area (Å²) in [5.74, 6) is 1.08. The van der Waals surface area contributed by atoms with Gasteiger partial charge in [-0.05, 0) is 62.6 Å². The lowest BCUT2D eigenvalue weighted by molar-refractivity contribution is 0.138. The van der Waals surface area contributed by atoms with Crippen LogP contribution in [0.3, 0.4) is 0 Å². The first-order chi connectivity index (χ1) is 12.9. The summed E-state index contributed by atoms with van der Waals surface area (Å²) in [6.45, 7) is 11.2. The monoisotopic (exact) mass is 362 g/mol. The maximum atomic E-state index is 5.83. The summed E-state index contributed by atoms with van der Waals surface area (Å²) in [6, 6.07) is 10.9. The Labute approximate surface area is 160 Å². The van der Waals surface area contributed by atoms with Crippen molar-refractivity contribution in [1.82, 2.24) is 15.0 Å². The maximum absolute atomic E-state index is 5.83. The van der Waals surface area contributed by atoms with Crippen molar-refractivity contribution in [2.45, 2.75) is 46.6 Å². The van der Waals surface area contributed by atoms with E-state index in [0.29, 0.717) is 24.6 Å². The van der Waals surface area contributed by atoms with Gasteiger partial charge in [-0.1, -0.05) is 13.8 Å². The molecule has 0 fully saturated rings. The minimum atomic E-state index is 0.325. The lowest BCUT2D eigenvalue weighted by Crippen LogP contribution is -2.22. The molecular weight excluding hydrogens is 336 g/mol. The predicted molar refractivity (Wildman–Crippen MR) is 110 cm³/mol. The van der Waals surface area contributed by atoms with Gasteiger partial charge in [-0.2, -0.15) is 0 Å². The van der Waals surface area contributed by atoms with Gasteiger partial charge >= 0.3 is 0 Å². The van der Waals surface area contributed by atoms with Crippen molar-refractivity contribution in [3.05, 3.63) is 53.3 Å². The van der Waals surface area contributed by atoms with E-state index in [1.165, 1.54) is 22.2 Å². The third-order valence-electron chi connectivity index (χ3n) is 5.00. The van der Waals surface area contributed by atoms with Crippen LogP contribution in [0, 0.1) is 6.92 Å². The van der Waals surface area contributed by atoms with Crippen molar-refractivity contribution in [3.8, 4) is 11.3 Å². The molecule has 0 spiro atoms. The molecule has 0 unspecified atom stereocenters. The van der Waals surface area contributed by atoms with E-state index in [1.54, 1.807) is 0 Å². The molecule has 3 heterocycles. The van der Waals surface area contributed by atoms with E-state index in [9.17, 15) is 0 Å². The molecule has 2 aromatic heterocycles. The topological polar surface area (TPSA) is 53.5 Å². The molecule has 1 N–H and O–H groups in total. The van der Waals surface area contributed by atoms with Gasteiger partial charge in [-0.15, -0.1) is 5.10 Å². The Morgan fingerprint density at radius 1 is 1.07 bits per heavy atom. The van der Waals surface area contributed by atoms with Gasteiger partial charge in [-0.3, -0.25) is 9.99 Å². The zero-order chi connectivity index (χ0) is 19.1. The van der Waals surface area contributed by atoms with E-state index in [0.717, 1.165) is 16.8 Å². The number of nitrogens with zero attached hydrogens (tertiary/aromatic N) is 3. The number of hydrogen-bond acceptors (Lipinski definition) is 4. The highest BCUT2D eigenvalue weighted by Gasteiger charge is 2.22. The van der Waals surface area contributed by atoms with Crippen molar-refractivity contribution < 1.29 is 4.74 Å². The normalized spacial score (nSPS) is 14.3. The Balaban J connectivity index is 1.84. The molecule has 4 rings (SSSR count). The summed E-state index contributed by atoms with van der Waals surface area (Å²) in [4.78, 5) is 7.95. The number of ether oxygens (including phenoxy) is 1. The predicted octanol–water partition coefficient (Wildman–Crippen LogP) is 5.02. The Hall–Kier alpha value is -2.82. The number of aromatic nitrogens is 2. The maximum Gasteiger partial charge on any atom is 0.240 e. The number of rotatable bonds is 4. The van der Waals surface area contributed by atoms with Crippen molar-refractivity contribution in [2.24, 2.45) is 5.10 Å². The number of nitrogens with one attached hydrogen (secondary N) is 1. The zero-order valence-corrected chi connectivity index (χ0v) is 16.6. The molecule has 5 nitrogen and oxygen atoms in total. The number of aromatic amines is 1. The van der Waals surface area contributed by atoms with Crippen molar-refractivity contribution in [1.29, 1.82) is 0 Å². The first-order valence-electron chi connectivity index (χ1n) is 9.51. The van der Waals surface area contributed by atoms with E-state index in [2.05, 4.69) is 73.1 Å². The molecule has 3 aromatic rings. The van der Waals surface area contributed by atoms with Crippen LogP contribution in [-0.4, -0.2) is 33.6 Å². The molecule has 0 saturated heterocycles. The summed E-state index contributed by atoms with van der Waals surface area (Å²) in [5, 5.41) is 7.81. The molecule has 1 aliphatic heterocycles. The van der Waals surface area contributed by atoms with Crippen molar-refractivity contribution in [2.75, 3.05) is 6.73 Å². The number of hydrogen-bond donors (Lipinski definition) is 1. The second-order valence-corrected chi connectivity index (χ2v) is 7.73. The zero-order valence-electron chi connectivity index (χ0n) is 16.6. The second-order valence-electron chi connectivity index (χ2n) is 7.73. The summed E-state index contributed by atoms with van der Waals surface area (Å²) in [7, 11) is 0. The molecular formula is C22H26N4O. The molecule has 5 heteroatoms. The van der Waals surface area contributed by atoms with Crippen LogP contribution in [0.2, 0.25) is 0 Å². The van der Waals surface area contributed by atoms with Crippen LogP contribution in [0.5, 0.6) is 0 Å². The third kappa shape index (κ3) is 3.18. The summed E-state index contributed by atoms with van der Waals surface area (Å²) in [5.41, 5.74) is 6.82.